The van der Waals surface area contributed by atoms with Crippen LogP contribution in [0.25, 0.3) is 11.3 Å². The van der Waals surface area contributed by atoms with Crippen LogP contribution in [0.2, 0.25) is 5.02 Å². The van der Waals surface area contributed by atoms with Crippen molar-refractivity contribution in [2.45, 2.75) is 55.5 Å². The monoisotopic (exact) mass is 674 g/mol. The molecule has 3 heterocycles. The molecule has 1 aliphatic heterocycles. The van der Waals surface area contributed by atoms with E-state index in [2.05, 4.69) is 31.2 Å². The number of halogens is 4. The second-order valence-corrected chi connectivity index (χ2v) is 11.2. The van der Waals surface area contributed by atoms with E-state index in [-0.39, 0.29) is 17.9 Å². The van der Waals surface area contributed by atoms with Gasteiger partial charge in [-0.1, -0.05) is 28.6 Å². The third-order valence-corrected chi connectivity index (χ3v) is 7.60. The molecule has 5 atom stereocenters. The summed E-state index contributed by atoms with van der Waals surface area (Å²) in [6.07, 6.45) is 1.09. The van der Waals surface area contributed by atoms with Crippen molar-refractivity contribution in [3.8, 4) is 11.3 Å². The summed E-state index contributed by atoms with van der Waals surface area (Å²) in [5.74, 6) is -3.99. The number of pyridine rings is 1. The standard InChI is InChI=1S/C25H22BrClF2N4O7S/c1-11(34)37-10-20-23(38-12(2)35)22(33-9-19(31-32-33)14-4-17(28)21(27)18(29)5-14)24(39-13(3)36)25(40-20)41-16-6-15(26)7-30-8-16/h4-9,20,22-25H,10H2,1-3H3. The molecule has 218 valence electrons. The van der Waals surface area contributed by atoms with Gasteiger partial charge in [0, 0.05) is 48.1 Å². The van der Waals surface area contributed by atoms with Gasteiger partial charge in [-0.05, 0) is 34.1 Å². The van der Waals surface area contributed by atoms with Gasteiger partial charge in [0.1, 0.15) is 46.5 Å². The molecule has 0 spiro atoms. The van der Waals surface area contributed by atoms with E-state index < -0.39 is 64.4 Å². The Morgan fingerprint density at radius 3 is 2.32 bits per heavy atom. The molecule has 1 saturated heterocycles. The Hall–Kier alpha value is -3.14. The highest BCUT2D eigenvalue weighted by atomic mass is 79.9. The van der Waals surface area contributed by atoms with E-state index in [1.165, 1.54) is 31.6 Å². The van der Waals surface area contributed by atoms with Crippen LogP contribution in [0.3, 0.4) is 0 Å². The van der Waals surface area contributed by atoms with E-state index >= 15 is 0 Å². The quantitative estimate of drug-likeness (QED) is 0.190. The van der Waals surface area contributed by atoms with Crippen molar-refractivity contribution >= 4 is 57.2 Å². The van der Waals surface area contributed by atoms with E-state index in [1.807, 2.05) is 0 Å². The average molecular weight is 676 g/mol. The van der Waals surface area contributed by atoms with Crippen molar-refractivity contribution in [1.29, 1.82) is 0 Å². The molecular formula is C25H22BrClF2N4O7S. The first-order valence-corrected chi connectivity index (χ1v) is 13.9. The normalized spacial score (nSPS) is 22.2. The largest absolute Gasteiger partial charge is 0.463 e. The Morgan fingerprint density at radius 1 is 1.05 bits per heavy atom. The summed E-state index contributed by atoms with van der Waals surface area (Å²) < 4.78 is 53.0. The fourth-order valence-electron chi connectivity index (χ4n) is 4.13. The molecule has 1 aromatic carbocycles. The Kier molecular flexibility index (Phi) is 9.94. The maximum atomic E-state index is 14.2. The molecular weight excluding hydrogens is 654 g/mol. The van der Waals surface area contributed by atoms with Crippen LogP contribution in [0.15, 0.2) is 46.2 Å². The number of thioether (sulfide) groups is 1. The van der Waals surface area contributed by atoms with Crippen LogP contribution >= 0.6 is 39.3 Å². The van der Waals surface area contributed by atoms with Crippen molar-refractivity contribution in [2.75, 3.05) is 6.61 Å². The topological polar surface area (TPSA) is 132 Å². The first kappa shape index (κ1) is 30.8. The second-order valence-electron chi connectivity index (χ2n) is 8.78. The molecule has 1 aliphatic rings. The van der Waals surface area contributed by atoms with Crippen LogP contribution in [-0.4, -0.2) is 68.2 Å². The number of carbonyl (C=O) groups excluding carboxylic acids is 3. The highest BCUT2D eigenvalue weighted by Gasteiger charge is 2.52. The van der Waals surface area contributed by atoms with Crippen LogP contribution in [0.1, 0.15) is 26.8 Å². The van der Waals surface area contributed by atoms with Gasteiger partial charge >= 0.3 is 17.9 Å². The number of hydrogen-bond donors (Lipinski definition) is 0. The van der Waals surface area contributed by atoms with Crippen molar-refractivity contribution in [1.82, 2.24) is 20.0 Å². The first-order valence-electron chi connectivity index (χ1n) is 11.9. The van der Waals surface area contributed by atoms with Gasteiger partial charge in [0.05, 0.1) is 6.20 Å². The predicted octanol–water partition coefficient (Wildman–Crippen LogP) is 4.52. The summed E-state index contributed by atoms with van der Waals surface area (Å²) in [4.78, 5) is 40.9. The Balaban J connectivity index is 1.82. The molecule has 0 saturated carbocycles. The van der Waals surface area contributed by atoms with Crippen LogP contribution in [0.4, 0.5) is 8.78 Å². The van der Waals surface area contributed by atoms with Gasteiger partial charge in [-0.2, -0.15) is 0 Å². The Bertz CT molecular complexity index is 1440. The van der Waals surface area contributed by atoms with Gasteiger partial charge in [-0.25, -0.2) is 13.5 Å². The number of aromatic nitrogens is 4. The highest BCUT2D eigenvalue weighted by molar-refractivity contribution is 9.10. The number of nitrogens with zero attached hydrogens (tertiary/aromatic N) is 4. The maximum Gasteiger partial charge on any atom is 0.303 e. The van der Waals surface area contributed by atoms with Gasteiger partial charge in [0.15, 0.2) is 12.2 Å². The molecule has 3 aromatic rings. The van der Waals surface area contributed by atoms with Crippen LogP contribution in [0.5, 0.6) is 0 Å². The number of hydrogen-bond acceptors (Lipinski definition) is 11. The number of rotatable bonds is 8. The zero-order valence-electron chi connectivity index (χ0n) is 21.6. The lowest BCUT2D eigenvalue weighted by molar-refractivity contribution is -0.212. The summed E-state index contributed by atoms with van der Waals surface area (Å²) in [7, 11) is 0. The third-order valence-electron chi connectivity index (χ3n) is 5.70. The molecule has 2 aromatic heterocycles. The lowest BCUT2D eigenvalue weighted by Gasteiger charge is -2.44. The lowest BCUT2D eigenvalue weighted by atomic mass is 9.96. The molecule has 0 amide bonds. The van der Waals surface area contributed by atoms with Crippen molar-refractivity contribution in [3.63, 3.8) is 0 Å². The molecule has 0 N–H and O–H groups in total. The summed E-state index contributed by atoms with van der Waals surface area (Å²) >= 11 is 10.1. The van der Waals surface area contributed by atoms with E-state index in [4.69, 9.17) is 30.5 Å². The van der Waals surface area contributed by atoms with Crippen molar-refractivity contribution < 1.29 is 42.1 Å². The SMILES string of the molecule is CC(=O)OCC1OC(Sc2cncc(Br)c2)C(OC(C)=O)C(n2cc(-c3cc(F)c(Cl)c(F)c3)nn2)C1OC(C)=O. The van der Waals surface area contributed by atoms with Crippen LogP contribution < -0.4 is 0 Å². The second kappa shape index (κ2) is 13.2. The van der Waals surface area contributed by atoms with Gasteiger partial charge in [-0.15, -0.1) is 5.10 Å². The molecule has 11 nitrogen and oxygen atoms in total. The highest BCUT2D eigenvalue weighted by Crippen LogP contribution is 2.41. The van der Waals surface area contributed by atoms with Crippen molar-refractivity contribution in [3.05, 3.63) is 57.9 Å². The Labute approximate surface area is 249 Å². The summed E-state index contributed by atoms with van der Waals surface area (Å²) in [5, 5.41) is 7.46. The minimum Gasteiger partial charge on any atom is -0.463 e. The van der Waals surface area contributed by atoms with Gasteiger partial charge in [0.2, 0.25) is 0 Å². The maximum absolute atomic E-state index is 14.2. The van der Waals surface area contributed by atoms with Crippen molar-refractivity contribution in [2.24, 2.45) is 0 Å². The average Bonchev–Trinajstić information content (AvgIpc) is 3.37. The summed E-state index contributed by atoms with van der Waals surface area (Å²) in [6, 6.07) is 2.65. The fourth-order valence-corrected chi connectivity index (χ4v) is 5.89. The molecule has 0 radical (unpaired) electrons. The van der Waals surface area contributed by atoms with E-state index in [9.17, 15) is 23.2 Å². The number of carbonyl (C=O) groups is 3. The zero-order chi connectivity index (χ0) is 29.8. The minimum atomic E-state index is -1.21. The predicted molar refractivity (Wildman–Crippen MR) is 144 cm³/mol. The lowest BCUT2D eigenvalue weighted by Crippen LogP contribution is -2.57. The zero-order valence-corrected chi connectivity index (χ0v) is 24.8. The molecule has 5 unspecified atom stereocenters. The number of benzene rings is 1. The fraction of sp³-hybridized carbons (Fsp3) is 0.360. The van der Waals surface area contributed by atoms with Gasteiger partial charge < -0.3 is 18.9 Å². The number of esters is 3. The molecule has 1 fully saturated rings. The van der Waals surface area contributed by atoms with Crippen LogP contribution in [0, 0.1) is 11.6 Å². The molecule has 0 bridgehead atoms. The molecule has 41 heavy (non-hydrogen) atoms. The smallest absolute Gasteiger partial charge is 0.303 e. The van der Waals surface area contributed by atoms with E-state index in [0.717, 1.165) is 23.9 Å². The van der Waals surface area contributed by atoms with Crippen LogP contribution in [-0.2, 0) is 33.3 Å². The first-order chi connectivity index (χ1) is 19.4. The van der Waals surface area contributed by atoms with E-state index in [1.54, 1.807) is 18.5 Å². The summed E-state index contributed by atoms with van der Waals surface area (Å²) in [6.45, 7) is 3.24. The minimum absolute atomic E-state index is 0.0263. The van der Waals surface area contributed by atoms with Gasteiger partial charge in [-0.3, -0.25) is 19.4 Å². The third kappa shape index (κ3) is 7.58. The molecule has 16 heteroatoms. The molecule has 4 rings (SSSR count). The summed E-state index contributed by atoms with van der Waals surface area (Å²) in [5.41, 5.74) is -0.880. The number of ether oxygens (including phenoxy) is 4. The molecule has 0 aliphatic carbocycles. The Morgan fingerprint density at radius 2 is 1.71 bits per heavy atom. The van der Waals surface area contributed by atoms with Gasteiger partial charge in [0.25, 0.3) is 0 Å². The van der Waals surface area contributed by atoms with E-state index in [0.29, 0.717) is 9.37 Å².